The highest BCUT2D eigenvalue weighted by molar-refractivity contribution is 6.34. The van der Waals surface area contributed by atoms with Crippen molar-refractivity contribution in [3.8, 4) is 0 Å². The summed E-state index contributed by atoms with van der Waals surface area (Å²) in [6.07, 6.45) is 1.72. The Morgan fingerprint density at radius 1 is 1.26 bits per heavy atom. The minimum absolute atomic E-state index is 0.232. The number of hydrogen-bond acceptors (Lipinski definition) is 2. The Morgan fingerprint density at radius 2 is 2.00 bits per heavy atom. The Hall–Kier alpha value is -1.78. The van der Waals surface area contributed by atoms with Crippen molar-refractivity contribution in [1.82, 2.24) is 4.90 Å². The summed E-state index contributed by atoms with van der Waals surface area (Å²) in [5, 5.41) is 3.79. The van der Waals surface area contributed by atoms with Crippen LogP contribution in [0.5, 0.6) is 0 Å². The number of aliphatic imine (C=N–C) groups is 1. The minimum Gasteiger partial charge on any atom is -0.366 e. The third kappa shape index (κ3) is 4.36. The van der Waals surface area contributed by atoms with Gasteiger partial charge in [-0.2, -0.15) is 0 Å². The molecule has 0 atom stereocenters. The molecule has 0 aromatic heterocycles. The summed E-state index contributed by atoms with van der Waals surface area (Å²) in [6, 6.07) is 8.11. The smallest absolute Gasteiger partial charge is 0.148 e. The highest BCUT2D eigenvalue weighted by Crippen LogP contribution is 2.35. The first-order valence-corrected chi connectivity index (χ1v) is 7.93. The van der Waals surface area contributed by atoms with Crippen molar-refractivity contribution in [3.63, 3.8) is 0 Å². The molecule has 2 rings (SSSR count). The Morgan fingerprint density at radius 3 is 2.65 bits per heavy atom. The molecule has 0 unspecified atom stereocenters. The molecule has 0 aliphatic rings. The minimum atomic E-state index is -0.417. The zero-order valence-electron chi connectivity index (χ0n) is 13.2. The maximum Gasteiger partial charge on any atom is 0.148 e. The van der Waals surface area contributed by atoms with Gasteiger partial charge in [-0.15, -0.1) is 0 Å². The average molecular weight is 354 g/mol. The number of aryl methyl sites for hydroxylation is 1. The van der Waals surface area contributed by atoms with Gasteiger partial charge >= 0.3 is 0 Å². The highest BCUT2D eigenvalue weighted by Gasteiger charge is 2.10. The number of nitrogens with one attached hydrogen (secondary N) is 1. The molecule has 3 nitrogen and oxygen atoms in total. The number of anilines is 2. The largest absolute Gasteiger partial charge is 0.366 e. The predicted octanol–water partition coefficient (Wildman–Crippen LogP) is 5.80. The van der Waals surface area contributed by atoms with E-state index in [2.05, 4.69) is 10.3 Å². The lowest BCUT2D eigenvalue weighted by molar-refractivity contribution is 0.552. The van der Waals surface area contributed by atoms with Crippen LogP contribution in [0.3, 0.4) is 0 Å². The Kier molecular flexibility index (Phi) is 5.85. The van der Waals surface area contributed by atoms with Crippen molar-refractivity contribution in [1.29, 1.82) is 0 Å². The lowest BCUT2D eigenvalue weighted by Gasteiger charge is -2.14. The lowest BCUT2D eigenvalue weighted by atomic mass is 10.1. The van der Waals surface area contributed by atoms with Crippen LogP contribution in [0.15, 0.2) is 35.3 Å². The second-order valence-electron chi connectivity index (χ2n) is 5.16. The van der Waals surface area contributed by atoms with Crippen LogP contribution >= 0.6 is 23.2 Å². The van der Waals surface area contributed by atoms with Crippen molar-refractivity contribution >= 4 is 46.6 Å². The SMILES string of the molecule is CCN(C)/C=N\c1cc(C)c(Nc2c(F)cccc2Cl)cc1Cl. The molecule has 2 aromatic rings. The molecule has 0 amide bonds. The monoisotopic (exact) mass is 353 g/mol. The Labute approximate surface area is 145 Å². The van der Waals surface area contributed by atoms with Crippen molar-refractivity contribution in [2.75, 3.05) is 18.9 Å². The van der Waals surface area contributed by atoms with Gasteiger partial charge in [-0.25, -0.2) is 9.38 Å². The van der Waals surface area contributed by atoms with Gasteiger partial charge in [-0.3, -0.25) is 0 Å². The second-order valence-corrected chi connectivity index (χ2v) is 5.97. The molecule has 0 aliphatic heterocycles. The van der Waals surface area contributed by atoms with Crippen LogP contribution in [-0.2, 0) is 0 Å². The van der Waals surface area contributed by atoms with E-state index in [9.17, 15) is 4.39 Å². The van der Waals surface area contributed by atoms with Gasteiger partial charge in [0.05, 0.1) is 27.8 Å². The number of halogens is 3. The molecule has 122 valence electrons. The lowest BCUT2D eigenvalue weighted by Crippen LogP contribution is -2.14. The first kappa shape index (κ1) is 17.6. The molecule has 1 N–H and O–H groups in total. The molecule has 0 fully saturated rings. The highest BCUT2D eigenvalue weighted by atomic mass is 35.5. The van der Waals surface area contributed by atoms with Gasteiger partial charge in [0.25, 0.3) is 0 Å². The number of hydrogen-bond donors (Lipinski definition) is 1. The molecule has 0 aliphatic carbocycles. The van der Waals surface area contributed by atoms with Crippen LogP contribution in [0.2, 0.25) is 10.0 Å². The summed E-state index contributed by atoms with van der Waals surface area (Å²) in [4.78, 5) is 6.30. The van der Waals surface area contributed by atoms with Crippen LogP contribution < -0.4 is 5.32 Å². The van der Waals surface area contributed by atoms with Crippen molar-refractivity contribution < 1.29 is 4.39 Å². The van der Waals surface area contributed by atoms with E-state index in [1.54, 1.807) is 24.5 Å². The Bertz CT molecular complexity index is 712. The first-order chi connectivity index (χ1) is 10.9. The van der Waals surface area contributed by atoms with E-state index in [1.165, 1.54) is 6.07 Å². The number of nitrogens with zero attached hydrogens (tertiary/aromatic N) is 2. The third-order valence-corrected chi connectivity index (χ3v) is 4.03. The topological polar surface area (TPSA) is 27.6 Å². The molecule has 0 bridgehead atoms. The van der Waals surface area contributed by atoms with Crippen LogP contribution in [0.1, 0.15) is 12.5 Å². The van der Waals surface area contributed by atoms with Gasteiger partial charge in [0.2, 0.25) is 0 Å². The standard InChI is InChI=1S/C17H18Cl2FN3/c1-4-23(3)10-21-16-8-11(2)15(9-13(16)19)22-17-12(18)6-5-7-14(17)20/h5-10,22H,4H2,1-3H3/b21-10-. The summed E-state index contributed by atoms with van der Waals surface area (Å²) < 4.78 is 13.9. The van der Waals surface area contributed by atoms with Gasteiger partial charge in [0.1, 0.15) is 5.82 Å². The third-order valence-electron chi connectivity index (χ3n) is 3.41. The fourth-order valence-electron chi connectivity index (χ4n) is 1.89. The van der Waals surface area contributed by atoms with E-state index >= 15 is 0 Å². The van der Waals surface area contributed by atoms with Gasteiger partial charge in [-0.1, -0.05) is 29.3 Å². The molecule has 6 heteroatoms. The van der Waals surface area contributed by atoms with Gasteiger partial charge in [0.15, 0.2) is 0 Å². The van der Waals surface area contributed by atoms with Crippen molar-refractivity contribution in [2.24, 2.45) is 4.99 Å². The molecular weight excluding hydrogens is 336 g/mol. The maximum absolute atomic E-state index is 13.9. The molecule has 23 heavy (non-hydrogen) atoms. The molecule has 0 saturated carbocycles. The number of rotatable bonds is 5. The molecular formula is C17H18Cl2FN3. The van der Waals surface area contributed by atoms with Crippen LogP contribution in [0.4, 0.5) is 21.5 Å². The van der Waals surface area contributed by atoms with E-state index in [-0.39, 0.29) is 5.69 Å². The summed E-state index contributed by atoms with van der Waals surface area (Å²) in [5.41, 5.74) is 2.47. The fourth-order valence-corrected chi connectivity index (χ4v) is 2.32. The Balaban J connectivity index is 2.32. The number of benzene rings is 2. The zero-order valence-corrected chi connectivity index (χ0v) is 14.7. The summed E-state index contributed by atoms with van der Waals surface area (Å²) in [5.74, 6) is -0.417. The van der Waals surface area contributed by atoms with Gasteiger partial charge < -0.3 is 10.2 Å². The normalized spacial score (nSPS) is 11.0. The van der Waals surface area contributed by atoms with Crippen molar-refractivity contribution in [3.05, 3.63) is 51.8 Å². The van der Waals surface area contributed by atoms with Crippen LogP contribution in [0.25, 0.3) is 0 Å². The van der Waals surface area contributed by atoms with E-state index in [4.69, 9.17) is 23.2 Å². The molecule has 0 heterocycles. The van der Waals surface area contributed by atoms with Crippen LogP contribution in [0, 0.1) is 12.7 Å². The summed E-state index contributed by atoms with van der Waals surface area (Å²) in [7, 11) is 1.93. The summed E-state index contributed by atoms with van der Waals surface area (Å²) >= 11 is 12.3. The maximum atomic E-state index is 13.9. The van der Waals surface area contributed by atoms with E-state index in [0.29, 0.717) is 21.4 Å². The first-order valence-electron chi connectivity index (χ1n) is 7.18. The number of para-hydroxylation sites is 1. The summed E-state index contributed by atoms with van der Waals surface area (Å²) in [6.45, 7) is 4.78. The van der Waals surface area contributed by atoms with Gasteiger partial charge in [-0.05, 0) is 43.7 Å². The van der Waals surface area contributed by atoms with E-state index in [0.717, 1.165) is 12.1 Å². The van der Waals surface area contributed by atoms with E-state index < -0.39 is 5.82 Å². The fraction of sp³-hybridized carbons (Fsp3) is 0.235. The van der Waals surface area contributed by atoms with Crippen LogP contribution in [-0.4, -0.2) is 24.8 Å². The second kappa shape index (κ2) is 7.66. The molecule has 0 radical (unpaired) electrons. The average Bonchev–Trinajstić information content (AvgIpc) is 2.52. The van der Waals surface area contributed by atoms with Gasteiger partial charge in [0, 0.05) is 19.3 Å². The zero-order chi connectivity index (χ0) is 17.0. The molecule has 2 aromatic carbocycles. The predicted molar refractivity (Wildman–Crippen MR) is 97.3 cm³/mol. The quantitative estimate of drug-likeness (QED) is 0.543. The van der Waals surface area contributed by atoms with E-state index in [1.807, 2.05) is 31.9 Å². The molecule has 0 spiro atoms. The molecule has 0 saturated heterocycles. The van der Waals surface area contributed by atoms with Crippen molar-refractivity contribution in [2.45, 2.75) is 13.8 Å².